The van der Waals surface area contributed by atoms with Gasteiger partial charge in [-0.15, -0.1) is 0 Å². The van der Waals surface area contributed by atoms with Crippen molar-refractivity contribution < 1.29 is 22.4 Å². The minimum atomic E-state index is -3.63. The van der Waals surface area contributed by atoms with E-state index in [4.69, 9.17) is 4.52 Å². The van der Waals surface area contributed by atoms with Crippen LogP contribution in [0.3, 0.4) is 0 Å². The van der Waals surface area contributed by atoms with E-state index in [-0.39, 0.29) is 11.3 Å². The highest BCUT2D eigenvalue weighted by molar-refractivity contribution is 7.90. The Balaban J connectivity index is 2.17. The molecule has 1 unspecified atom stereocenters. The molecule has 7 heteroatoms. The standard InChI is InChI=1S/C14H16FNO4S/c1-9-12(10(2)20-16-9)7-21(18,19)8-14(17)11-5-3-4-6-13(11)15/h3-6,14,17H,7-8H2,1-2H3. The fraction of sp³-hybridized carbons (Fsp3) is 0.357. The maximum Gasteiger partial charge on any atom is 0.157 e. The van der Waals surface area contributed by atoms with Crippen molar-refractivity contribution >= 4 is 9.84 Å². The minimum Gasteiger partial charge on any atom is -0.387 e. The largest absolute Gasteiger partial charge is 0.387 e. The van der Waals surface area contributed by atoms with Crippen LogP contribution >= 0.6 is 0 Å². The van der Waals surface area contributed by atoms with Crippen LogP contribution in [0.5, 0.6) is 0 Å². The Morgan fingerprint density at radius 1 is 1.33 bits per heavy atom. The lowest BCUT2D eigenvalue weighted by Gasteiger charge is -2.12. The number of nitrogens with zero attached hydrogens (tertiary/aromatic N) is 1. The summed E-state index contributed by atoms with van der Waals surface area (Å²) >= 11 is 0. The van der Waals surface area contributed by atoms with Crippen LogP contribution in [-0.4, -0.2) is 24.4 Å². The highest BCUT2D eigenvalue weighted by Crippen LogP contribution is 2.22. The smallest absolute Gasteiger partial charge is 0.157 e. The van der Waals surface area contributed by atoms with Crippen molar-refractivity contribution in [3.8, 4) is 0 Å². The first-order valence-electron chi connectivity index (χ1n) is 6.35. The van der Waals surface area contributed by atoms with Crippen LogP contribution in [0.4, 0.5) is 4.39 Å². The summed E-state index contributed by atoms with van der Waals surface area (Å²) in [7, 11) is -3.63. The molecule has 2 aromatic rings. The van der Waals surface area contributed by atoms with Gasteiger partial charge in [-0.25, -0.2) is 12.8 Å². The zero-order valence-corrected chi connectivity index (χ0v) is 12.5. The van der Waals surface area contributed by atoms with Crippen LogP contribution in [0.25, 0.3) is 0 Å². The number of halogens is 1. The van der Waals surface area contributed by atoms with E-state index >= 15 is 0 Å². The minimum absolute atomic E-state index is 0.0279. The average molecular weight is 313 g/mol. The molecule has 0 radical (unpaired) electrons. The van der Waals surface area contributed by atoms with E-state index in [0.717, 1.165) is 0 Å². The number of aliphatic hydroxyl groups excluding tert-OH is 1. The van der Waals surface area contributed by atoms with E-state index in [0.29, 0.717) is 17.0 Å². The second-order valence-corrected chi connectivity index (χ2v) is 7.00. The first-order valence-corrected chi connectivity index (χ1v) is 8.17. The average Bonchev–Trinajstić information content (AvgIpc) is 2.70. The van der Waals surface area contributed by atoms with Crippen molar-refractivity contribution in [3.63, 3.8) is 0 Å². The van der Waals surface area contributed by atoms with Crippen molar-refractivity contribution in [3.05, 3.63) is 52.7 Å². The molecular formula is C14H16FNO4S. The lowest BCUT2D eigenvalue weighted by molar-refractivity contribution is 0.196. The van der Waals surface area contributed by atoms with E-state index in [9.17, 15) is 17.9 Å². The summed E-state index contributed by atoms with van der Waals surface area (Å²) in [4.78, 5) is 0. The maximum atomic E-state index is 13.5. The predicted octanol–water partition coefficient (Wildman–Crippen LogP) is 2.08. The van der Waals surface area contributed by atoms with Gasteiger partial charge in [0.1, 0.15) is 11.6 Å². The number of aliphatic hydroxyl groups is 1. The summed E-state index contributed by atoms with van der Waals surface area (Å²) in [6.07, 6.45) is -1.41. The second kappa shape index (κ2) is 5.95. The highest BCUT2D eigenvalue weighted by Gasteiger charge is 2.24. The van der Waals surface area contributed by atoms with Gasteiger partial charge in [0.15, 0.2) is 9.84 Å². The summed E-state index contributed by atoms with van der Waals surface area (Å²) in [5.74, 6) is -1.05. The molecule has 1 atom stereocenters. The van der Waals surface area contributed by atoms with Crippen LogP contribution in [0.15, 0.2) is 28.8 Å². The first kappa shape index (κ1) is 15.7. The van der Waals surface area contributed by atoms with Crippen LogP contribution in [-0.2, 0) is 15.6 Å². The topological polar surface area (TPSA) is 80.4 Å². The SMILES string of the molecule is Cc1noc(C)c1CS(=O)(=O)CC(O)c1ccccc1F. The van der Waals surface area contributed by atoms with Crippen molar-refractivity contribution in [1.82, 2.24) is 5.16 Å². The monoisotopic (exact) mass is 313 g/mol. The molecule has 1 aromatic heterocycles. The maximum absolute atomic E-state index is 13.5. The van der Waals surface area contributed by atoms with Gasteiger partial charge >= 0.3 is 0 Å². The molecule has 0 aliphatic heterocycles. The van der Waals surface area contributed by atoms with Crippen LogP contribution < -0.4 is 0 Å². The lowest BCUT2D eigenvalue weighted by Crippen LogP contribution is -2.17. The third-order valence-corrected chi connectivity index (χ3v) is 4.77. The van der Waals surface area contributed by atoms with Gasteiger partial charge in [-0.05, 0) is 19.9 Å². The number of hydrogen-bond acceptors (Lipinski definition) is 5. The molecule has 1 N–H and O–H groups in total. The number of aromatic nitrogens is 1. The molecule has 0 aliphatic carbocycles. The van der Waals surface area contributed by atoms with Gasteiger partial charge in [0.2, 0.25) is 0 Å². The van der Waals surface area contributed by atoms with E-state index in [2.05, 4.69) is 5.16 Å². The number of sulfone groups is 1. The third kappa shape index (κ3) is 3.68. The second-order valence-electron chi connectivity index (χ2n) is 4.89. The van der Waals surface area contributed by atoms with E-state index in [1.54, 1.807) is 19.9 Å². The summed E-state index contributed by atoms with van der Waals surface area (Å²) in [6, 6.07) is 5.57. The first-order chi connectivity index (χ1) is 9.80. The zero-order chi connectivity index (χ0) is 15.6. The lowest BCUT2D eigenvalue weighted by atomic mass is 10.1. The molecule has 1 heterocycles. The van der Waals surface area contributed by atoms with Gasteiger partial charge in [0, 0.05) is 11.1 Å². The van der Waals surface area contributed by atoms with Gasteiger partial charge in [0.25, 0.3) is 0 Å². The molecule has 21 heavy (non-hydrogen) atoms. The van der Waals surface area contributed by atoms with Crippen LogP contribution in [0.1, 0.15) is 28.7 Å². The van der Waals surface area contributed by atoms with Crippen molar-refractivity contribution in [2.24, 2.45) is 0 Å². The Kier molecular flexibility index (Phi) is 4.43. The zero-order valence-electron chi connectivity index (χ0n) is 11.7. The highest BCUT2D eigenvalue weighted by atomic mass is 32.2. The van der Waals surface area contributed by atoms with Crippen LogP contribution in [0.2, 0.25) is 0 Å². The Bertz CT molecular complexity index is 720. The Labute approximate surface area is 122 Å². The normalized spacial score (nSPS) is 13.3. The Hall–Kier alpha value is -1.73. The molecule has 114 valence electrons. The van der Waals surface area contributed by atoms with Crippen LogP contribution in [0, 0.1) is 19.7 Å². The summed E-state index contributed by atoms with van der Waals surface area (Å²) in [5, 5.41) is 13.6. The summed E-state index contributed by atoms with van der Waals surface area (Å²) in [6.45, 7) is 3.27. The fourth-order valence-corrected chi connectivity index (χ4v) is 3.69. The quantitative estimate of drug-likeness (QED) is 0.914. The van der Waals surface area contributed by atoms with Gasteiger partial charge in [-0.3, -0.25) is 0 Å². The molecular weight excluding hydrogens is 297 g/mol. The van der Waals surface area contributed by atoms with Crippen molar-refractivity contribution in [2.45, 2.75) is 25.7 Å². The van der Waals surface area contributed by atoms with E-state index in [1.165, 1.54) is 18.2 Å². The summed E-state index contributed by atoms with van der Waals surface area (Å²) in [5.41, 5.74) is 0.951. The van der Waals surface area contributed by atoms with Gasteiger partial charge < -0.3 is 9.63 Å². The van der Waals surface area contributed by atoms with E-state index < -0.39 is 27.5 Å². The number of rotatable bonds is 5. The van der Waals surface area contributed by atoms with Crippen molar-refractivity contribution in [1.29, 1.82) is 0 Å². The molecule has 0 spiro atoms. The predicted molar refractivity (Wildman–Crippen MR) is 74.8 cm³/mol. The summed E-state index contributed by atoms with van der Waals surface area (Å²) < 4.78 is 42.7. The molecule has 2 rings (SSSR count). The molecule has 0 fully saturated rings. The molecule has 1 aromatic carbocycles. The Morgan fingerprint density at radius 2 is 2.00 bits per heavy atom. The Morgan fingerprint density at radius 3 is 2.57 bits per heavy atom. The fourth-order valence-electron chi connectivity index (χ4n) is 2.06. The molecule has 0 saturated carbocycles. The van der Waals surface area contributed by atoms with Gasteiger partial charge in [-0.2, -0.15) is 0 Å². The van der Waals surface area contributed by atoms with Gasteiger partial charge in [-0.1, -0.05) is 23.4 Å². The number of benzene rings is 1. The molecule has 0 saturated heterocycles. The number of hydrogen-bond donors (Lipinski definition) is 1. The third-order valence-electron chi connectivity index (χ3n) is 3.22. The van der Waals surface area contributed by atoms with Crippen molar-refractivity contribution in [2.75, 3.05) is 5.75 Å². The number of aryl methyl sites for hydroxylation is 2. The van der Waals surface area contributed by atoms with E-state index in [1.807, 2.05) is 0 Å². The molecule has 5 nitrogen and oxygen atoms in total. The van der Waals surface area contributed by atoms with Gasteiger partial charge in [0.05, 0.1) is 23.3 Å². The molecule has 0 aliphatic rings. The molecule has 0 bridgehead atoms. The molecule has 0 amide bonds.